The molecule has 1 aliphatic heterocycles. The second-order valence-electron chi connectivity index (χ2n) is 6.12. The Hall–Kier alpha value is -3.02. The predicted octanol–water partition coefficient (Wildman–Crippen LogP) is 2.66. The molecule has 0 fully saturated rings. The lowest BCUT2D eigenvalue weighted by atomic mass is 10.1. The summed E-state index contributed by atoms with van der Waals surface area (Å²) in [6.07, 6.45) is 1.31. The highest BCUT2D eigenvalue weighted by Gasteiger charge is 2.24. The quantitative estimate of drug-likeness (QED) is 0.868. The summed E-state index contributed by atoms with van der Waals surface area (Å²) in [5.74, 6) is -0.728. The lowest BCUT2D eigenvalue weighted by Crippen LogP contribution is -2.39. The Morgan fingerprint density at radius 2 is 1.77 bits per heavy atom. The Balaban J connectivity index is 1.58. The van der Waals surface area contributed by atoms with Crippen LogP contribution in [0.1, 0.15) is 24.0 Å². The highest BCUT2D eigenvalue weighted by atomic mass is 19.1. The van der Waals surface area contributed by atoms with Crippen molar-refractivity contribution in [1.82, 2.24) is 10.3 Å². The molecular weight excluding hydrogens is 333 g/mol. The third kappa shape index (κ3) is 4.75. The second-order valence-corrected chi connectivity index (χ2v) is 6.12. The lowest BCUT2D eigenvalue weighted by Gasteiger charge is -2.23. The number of hydrogen-bond donors (Lipinski definition) is 1. The van der Waals surface area contributed by atoms with Crippen molar-refractivity contribution in [3.05, 3.63) is 71.5 Å². The normalized spacial score (nSPS) is 14.1. The molecule has 2 aromatic carbocycles. The summed E-state index contributed by atoms with van der Waals surface area (Å²) in [4.78, 5) is 24.4. The molecule has 134 valence electrons. The van der Waals surface area contributed by atoms with Crippen molar-refractivity contribution in [3.63, 3.8) is 0 Å². The zero-order valence-electron chi connectivity index (χ0n) is 14.3. The number of benzene rings is 2. The number of hydrogen-bond acceptors (Lipinski definition) is 3. The first kappa shape index (κ1) is 17.8. The molecule has 2 aromatic rings. The largest absolute Gasteiger partial charge is 0.351 e. The molecule has 0 spiro atoms. The van der Waals surface area contributed by atoms with Gasteiger partial charge in [-0.2, -0.15) is 5.10 Å². The van der Waals surface area contributed by atoms with E-state index in [-0.39, 0.29) is 30.6 Å². The van der Waals surface area contributed by atoms with Crippen LogP contribution >= 0.6 is 0 Å². The maximum Gasteiger partial charge on any atom is 0.267 e. The van der Waals surface area contributed by atoms with Gasteiger partial charge in [-0.05, 0) is 29.7 Å². The van der Waals surface area contributed by atoms with E-state index in [1.165, 1.54) is 17.1 Å². The molecule has 1 aliphatic rings. The fraction of sp³-hybridized carbons (Fsp3) is 0.250. The van der Waals surface area contributed by atoms with Gasteiger partial charge in [-0.25, -0.2) is 9.40 Å². The third-order valence-corrected chi connectivity index (χ3v) is 4.15. The fourth-order valence-corrected chi connectivity index (χ4v) is 2.72. The van der Waals surface area contributed by atoms with E-state index in [9.17, 15) is 14.0 Å². The summed E-state index contributed by atoms with van der Waals surface area (Å²) in [6.45, 7) is 0.730. The van der Waals surface area contributed by atoms with Crippen LogP contribution < -0.4 is 5.32 Å². The Morgan fingerprint density at radius 3 is 2.50 bits per heavy atom. The molecule has 3 rings (SSSR count). The molecular formula is C20H20FN3O2. The summed E-state index contributed by atoms with van der Waals surface area (Å²) in [5, 5.41) is 8.33. The number of nitrogens with zero attached hydrogens (tertiary/aromatic N) is 2. The van der Waals surface area contributed by atoms with Crippen LogP contribution in [0.4, 0.5) is 4.39 Å². The summed E-state index contributed by atoms with van der Waals surface area (Å²) >= 11 is 0. The minimum Gasteiger partial charge on any atom is -0.351 e. The fourth-order valence-electron chi connectivity index (χ4n) is 2.72. The number of rotatable bonds is 6. The molecule has 0 radical (unpaired) electrons. The zero-order valence-corrected chi connectivity index (χ0v) is 14.3. The summed E-state index contributed by atoms with van der Waals surface area (Å²) in [6, 6.07) is 15.8. The molecule has 0 saturated heterocycles. The topological polar surface area (TPSA) is 61.8 Å². The highest BCUT2D eigenvalue weighted by molar-refractivity contribution is 6.39. The van der Waals surface area contributed by atoms with Crippen molar-refractivity contribution in [2.24, 2.45) is 5.10 Å². The van der Waals surface area contributed by atoms with Crippen LogP contribution in [0.5, 0.6) is 0 Å². The first-order valence-electron chi connectivity index (χ1n) is 8.56. The van der Waals surface area contributed by atoms with Gasteiger partial charge in [0.05, 0.1) is 6.54 Å². The smallest absolute Gasteiger partial charge is 0.267 e. The van der Waals surface area contributed by atoms with Crippen LogP contribution in [0.3, 0.4) is 0 Å². The third-order valence-electron chi connectivity index (χ3n) is 4.15. The average molecular weight is 353 g/mol. The second kappa shape index (κ2) is 8.38. The molecule has 1 N–H and O–H groups in total. The van der Waals surface area contributed by atoms with Crippen LogP contribution in [-0.2, 0) is 22.6 Å². The standard InChI is InChI=1S/C20H20FN3O2/c21-17-8-6-16(7-9-17)14-24-19(25)11-10-18(23-24)20(26)22-13-12-15-4-2-1-3-5-15/h1-9H,10-14H2,(H,22,26). The summed E-state index contributed by atoms with van der Waals surface area (Å²) in [5.41, 5.74) is 2.25. The molecule has 5 nitrogen and oxygen atoms in total. The maximum absolute atomic E-state index is 13.0. The molecule has 26 heavy (non-hydrogen) atoms. The van der Waals surface area contributed by atoms with Gasteiger partial charge in [0.1, 0.15) is 11.5 Å². The van der Waals surface area contributed by atoms with E-state index in [2.05, 4.69) is 10.4 Å². The lowest BCUT2D eigenvalue weighted by molar-refractivity contribution is -0.132. The monoisotopic (exact) mass is 353 g/mol. The van der Waals surface area contributed by atoms with Gasteiger partial charge in [0.15, 0.2) is 0 Å². The van der Waals surface area contributed by atoms with Gasteiger partial charge in [0.25, 0.3) is 5.91 Å². The van der Waals surface area contributed by atoms with E-state index in [4.69, 9.17) is 0 Å². The number of halogens is 1. The molecule has 0 aromatic heterocycles. The maximum atomic E-state index is 13.0. The molecule has 6 heteroatoms. The molecule has 0 saturated carbocycles. The van der Waals surface area contributed by atoms with Gasteiger partial charge < -0.3 is 5.32 Å². The van der Waals surface area contributed by atoms with Gasteiger partial charge in [-0.15, -0.1) is 0 Å². The SMILES string of the molecule is O=C(NCCc1ccccc1)C1=NN(Cc2ccc(F)cc2)C(=O)CC1. The molecule has 0 atom stereocenters. The van der Waals surface area contributed by atoms with Crippen LogP contribution in [0, 0.1) is 5.82 Å². The Morgan fingerprint density at radius 1 is 1.04 bits per heavy atom. The van der Waals surface area contributed by atoms with Crippen molar-refractivity contribution in [2.75, 3.05) is 6.54 Å². The van der Waals surface area contributed by atoms with E-state index in [1.54, 1.807) is 12.1 Å². The molecule has 0 unspecified atom stereocenters. The average Bonchev–Trinajstić information content (AvgIpc) is 2.66. The van der Waals surface area contributed by atoms with Crippen molar-refractivity contribution < 1.29 is 14.0 Å². The summed E-state index contributed by atoms with van der Waals surface area (Å²) in [7, 11) is 0. The minimum absolute atomic E-state index is 0.143. The number of carbonyl (C=O) groups is 2. The van der Waals surface area contributed by atoms with Crippen molar-refractivity contribution in [2.45, 2.75) is 25.8 Å². The minimum atomic E-state index is -0.333. The van der Waals surface area contributed by atoms with E-state index in [0.29, 0.717) is 18.7 Å². The van der Waals surface area contributed by atoms with Gasteiger partial charge in [-0.3, -0.25) is 9.59 Å². The van der Waals surface area contributed by atoms with Crippen LogP contribution in [0.15, 0.2) is 59.7 Å². The summed E-state index contributed by atoms with van der Waals surface area (Å²) < 4.78 is 13.0. The van der Waals surface area contributed by atoms with E-state index in [0.717, 1.165) is 17.5 Å². The van der Waals surface area contributed by atoms with E-state index in [1.807, 2.05) is 30.3 Å². The zero-order chi connectivity index (χ0) is 18.4. The van der Waals surface area contributed by atoms with Gasteiger partial charge >= 0.3 is 0 Å². The Bertz CT molecular complexity index is 804. The van der Waals surface area contributed by atoms with Crippen LogP contribution in [-0.4, -0.2) is 29.1 Å². The van der Waals surface area contributed by atoms with E-state index >= 15 is 0 Å². The Kier molecular flexibility index (Phi) is 5.73. The predicted molar refractivity (Wildman–Crippen MR) is 96.8 cm³/mol. The molecule has 0 aliphatic carbocycles. The van der Waals surface area contributed by atoms with Gasteiger partial charge in [0, 0.05) is 19.4 Å². The molecule has 2 amide bonds. The van der Waals surface area contributed by atoms with Gasteiger partial charge in [0.2, 0.25) is 5.91 Å². The number of carbonyl (C=O) groups excluding carboxylic acids is 2. The van der Waals surface area contributed by atoms with Crippen LogP contribution in [0.25, 0.3) is 0 Å². The van der Waals surface area contributed by atoms with Crippen molar-refractivity contribution in [1.29, 1.82) is 0 Å². The Labute approximate surface area is 151 Å². The highest BCUT2D eigenvalue weighted by Crippen LogP contribution is 2.14. The first-order chi connectivity index (χ1) is 12.6. The molecule has 0 bridgehead atoms. The molecule has 1 heterocycles. The number of nitrogens with one attached hydrogen (secondary N) is 1. The van der Waals surface area contributed by atoms with E-state index < -0.39 is 0 Å². The number of amides is 2. The number of hydrazone groups is 1. The first-order valence-corrected chi connectivity index (χ1v) is 8.56. The van der Waals surface area contributed by atoms with Crippen LogP contribution in [0.2, 0.25) is 0 Å². The van der Waals surface area contributed by atoms with Gasteiger partial charge in [-0.1, -0.05) is 42.5 Å². The van der Waals surface area contributed by atoms with Crippen molar-refractivity contribution in [3.8, 4) is 0 Å². The van der Waals surface area contributed by atoms with Crippen molar-refractivity contribution >= 4 is 17.5 Å².